The smallest absolute Gasteiger partial charge is 0.339 e. The van der Waals surface area contributed by atoms with Crippen molar-refractivity contribution in [3.8, 4) is 0 Å². The fraction of sp³-hybridized carbons (Fsp3) is 0.571. The highest BCUT2D eigenvalue weighted by Crippen LogP contribution is 2.18. The van der Waals surface area contributed by atoms with Gasteiger partial charge in [-0.25, -0.2) is 9.78 Å². The lowest BCUT2D eigenvalue weighted by Gasteiger charge is -2.28. The number of carbonyl (C=O) groups is 1. The molecule has 1 N–H and O–H groups in total. The molecule has 19 heavy (non-hydrogen) atoms. The minimum Gasteiger partial charge on any atom is -0.465 e. The van der Waals surface area contributed by atoms with Crippen molar-refractivity contribution in [3.05, 3.63) is 23.4 Å². The molecule has 106 valence electrons. The normalized spacial score (nSPS) is 10.6. The Morgan fingerprint density at radius 3 is 2.63 bits per heavy atom. The maximum atomic E-state index is 11.5. The number of aromatic nitrogens is 1. The molecule has 1 heterocycles. The first kappa shape index (κ1) is 15.4. The van der Waals surface area contributed by atoms with Crippen molar-refractivity contribution < 1.29 is 14.6 Å². The number of aryl methyl sites for hydroxylation is 1. The van der Waals surface area contributed by atoms with Gasteiger partial charge in [0.15, 0.2) is 0 Å². The molecule has 0 saturated carbocycles. The molecule has 0 aliphatic heterocycles. The summed E-state index contributed by atoms with van der Waals surface area (Å²) in [6, 6.07) is 3.83. The lowest BCUT2D eigenvalue weighted by Crippen LogP contribution is -2.33. The average Bonchev–Trinajstić information content (AvgIpc) is 2.38. The van der Waals surface area contributed by atoms with Crippen LogP contribution in [-0.2, 0) is 4.74 Å². The van der Waals surface area contributed by atoms with E-state index in [1.807, 2.05) is 6.07 Å². The molecule has 0 aromatic carbocycles. The SMILES string of the molecule is COC(=O)c1ccc(N(CCCO)C(C)C)nc1C. The maximum Gasteiger partial charge on any atom is 0.339 e. The van der Waals surface area contributed by atoms with Crippen LogP contribution in [0.1, 0.15) is 36.3 Å². The summed E-state index contributed by atoms with van der Waals surface area (Å²) < 4.78 is 4.70. The first-order valence-electron chi connectivity index (χ1n) is 6.44. The summed E-state index contributed by atoms with van der Waals surface area (Å²) in [4.78, 5) is 18.1. The molecule has 0 aliphatic rings. The molecule has 0 unspecified atom stereocenters. The van der Waals surface area contributed by atoms with Crippen molar-refractivity contribution in [2.24, 2.45) is 0 Å². The second-order valence-corrected chi connectivity index (χ2v) is 4.66. The van der Waals surface area contributed by atoms with Crippen molar-refractivity contribution in [1.29, 1.82) is 0 Å². The Morgan fingerprint density at radius 2 is 2.16 bits per heavy atom. The van der Waals surface area contributed by atoms with Crippen molar-refractivity contribution in [2.45, 2.75) is 33.2 Å². The number of esters is 1. The third-order valence-electron chi connectivity index (χ3n) is 2.95. The topological polar surface area (TPSA) is 62.7 Å². The highest BCUT2D eigenvalue weighted by molar-refractivity contribution is 5.90. The molecule has 0 spiro atoms. The Bertz CT molecular complexity index is 433. The summed E-state index contributed by atoms with van der Waals surface area (Å²) in [7, 11) is 1.36. The lowest BCUT2D eigenvalue weighted by atomic mass is 10.2. The van der Waals surface area contributed by atoms with Crippen LogP contribution in [0.25, 0.3) is 0 Å². The number of rotatable bonds is 6. The van der Waals surface area contributed by atoms with E-state index < -0.39 is 0 Å². The number of anilines is 1. The van der Waals surface area contributed by atoms with Gasteiger partial charge in [-0.3, -0.25) is 0 Å². The van der Waals surface area contributed by atoms with E-state index in [2.05, 4.69) is 23.7 Å². The van der Waals surface area contributed by atoms with E-state index in [1.54, 1.807) is 13.0 Å². The number of aliphatic hydroxyl groups excluding tert-OH is 1. The van der Waals surface area contributed by atoms with Crippen molar-refractivity contribution in [1.82, 2.24) is 4.98 Å². The number of hydrogen-bond acceptors (Lipinski definition) is 5. The molecule has 5 heteroatoms. The second kappa shape index (κ2) is 7.09. The second-order valence-electron chi connectivity index (χ2n) is 4.66. The van der Waals surface area contributed by atoms with Gasteiger partial charge in [0.2, 0.25) is 0 Å². The predicted octanol–water partition coefficient (Wildman–Crippen LogP) is 1.77. The third kappa shape index (κ3) is 3.92. The zero-order chi connectivity index (χ0) is 14.4. The average molecular weight is 266 g/mol. The highest BCUT2D eigenvalue weighted by Gasteiger charge is 2.15. The van der Waals surface area contributed by atoms with Gasteiger partial charge in [-0.1, -0.05) is 0 Å². The Labute approximate surface area is 114 Å². The van der Waals surface area contributed by atoms with E-state index in [4.69, 9.17) is 9.84 Å². The minimum atomic E-state index is -0.372. The molecule has 1 rings (SSSR count). The minimum absolute atomic E-state index is 0.155. The molecule has 0 amide bonds. The quantitative estimate of drug-likeness (QED) is 0.795. The summed E-state index contributed by atoms with van der Waals surface area (Å²) in [5.74, 6) is 0.441. The van der Waals surface area contributed by atoms with Gasteiger partial charge < -0.3 is 14.7 Å². The largest absolute Gasteiger partial charge is 0.465 e. The third-order valence-corrected chi connectivity index (χ3v) is 2.95. The number of pyridine rings is 1. The van der Waals surface area contributed by atoms with Crippen LogP contribution in [0, 0.1) is 6.92 Å². The monoisotopic (exact) mass is 266 g/mol. The number of aliphatic hydroxyl groups is 1. The van der Waals surface area contributed by atoms with E-state index in [0.717, 1.165) is 12.4 Å². The van der Waals surface area contributed by atoms with E-state index >= 15 is 0 Å². The molecular formula is C14H22N2O3. The fourth-order valence-corrected chi connectivity index (χ4v) is 1.91. The van der Waals surface area contributed by atoms with Crippen LogP contribution in [0.4, 0.5) is 5.82 Å². The van der Waals surface area contributed by atoms with Gasteiger partial charge in [0.05, 0.1) is 18.4 Å². The molecule has 1 aromatic heterocycles. The van der Waals surface area contributed by atoms with Gasteiger partial charge in [-0.2, -0.15) is 0 Å². The molecule has 1 aromatic rings. The predicted molar refractivity (Wildman–Crippen MR) is 74.5 cm³/mol. The zero-order valence-corrected chi connectivity index (χ0v) is 12.0. The van der Waals surface area contributed by atoms with Crippen LogP contribution in [0.2, 0.25) is 0 Å². The maximum absolute atomic E-state index is 11.5. The molecule has 0 atom stereocenters. The number of nitrogens with zero attached hydrogens (tertiary/aromatic N) is 2. The molecule has 0 radical (unpaired) electrons. The first-order chi connectivity index (χ1) is 9.01. The number of hydrogen-bond donors (Lipinski definition) is 1. The lowest BCUT2D eigenvalue weighted by molar-refractivity contribution is 0.0599. The Hall–Kier alpha value is -1.62. The van der Waals surface area contributed by atoms with E-state index in [9.17, 15) is 4.79 Å². The van der Waals surface area contributed by atoms with Crippen LogP contribution in [-0.4, -0.2) is 42.4 Å². The van der Waals surface area contributed by atoms with E-state index in [1.165, 1.54) is 7.11 Å². The Kier molecular flexibility index (Phi) is 5.76. The van der Waals surface area contributed by atoms with E-state index in [-0.39, 0.29) is 18.6 Å². The Morgan fingerprint density at radius 1 is 1.47 bits per heavy atom. The first-order valence-corrected chi connectivity index (χ1v) is 6.44. The molecule has 5 nitrogen and oxygen atoms in total. The molecule has 0 saturated heterocycles. The van der Waals surface area contributed by atoms with Crippen LogP contribution in [0.15, 0.2) is 12.1 Å². The summed E-state index contributed by atoms with van der Waals surface area (Å²) in [6.45, 7) is 6.83. The van der Waals surface area contributed by atoms with Gasteiger partial charge in [-0.05, 0) is 39.3 Å². The number of methoxy groups -OCH3 is 1. The van der Waals surface area contributed by atoms with Crippen LogP contribution in [0.3, 0.4) is 0 Å². The van der Waals surface area contributed by atoms with Crippen molar-refractivity contribution in [2.75, 3.05) is 25.2 Å². The van der Waals surface area contributed by atoms with Crippen LogP contribution in [0.5, 0.6) is 0 Å². The Balaban J connectivity index is 2.99. The highest BCUT2D eigenvalue weighted by atomic mass is 16.5. The number of carbonyl (C=O) groups excluding carboxylic acids is 1. The van der Waals surface area contributed by atoms with Crippen molar-refractivity contribution in [3.63, 3.8) is 0 Å². The fourth-order valence-electron chi connectivity index (χ4n) is 1.91. The van der Waals surface area contributed by atoms with Gasteiger partial charge >= 0.3 is 5.97 Å². The molecule has 0 aliphatic carbocycles. The summed E-state index contributed by atoms with van der Waals surface area (Å²) in [6.07, 6.45) is 0.692. The molecular weight excluding hydrogens is 244 g/mol. The molecule has 0 fully saturated rings. The standard InChI is InChI=1S/C14H22N2O3/c1-10(2)16(8-5-9-17)13-7-6-12(11(3)15-13)14(18)19-4/h6-7,10,17H,5,8-9H2,1-4H3. The van der Waals surface area contributed by atoms with Gasteiger partial charge in [0, 0.05) is 19.2 Å². The van der Waals surface area contributed by atoms with Crippen molar-refractivity contribution >= 4 is 11.8 Å². The number of ether oxygens (including phenoxy) is 1. The van der Waals surface area contributed by atoms with E-state index in [0.29, 0.717) is 17.7 Å². The van der Waals surface area contributed by atoms with Gasteiger partial charge in [0.1, 0.15) is 5.82 Å². The summed E-state index contributed by atoms with van der Waals surface area (Å²) >= 11 is 0. The van der Waals surface area contributed by atoms with Gasteiger partial charge in [-0.15, -0.1) is 0 Å². The zero-order valence-electron chi connectivity index (χ0n) is 12.0. The molecule has 0 bridgehead atoms. The van der Waals surface area contributed by atoms with Gasteiger partial charge in [0.25, 0.3) is 0 Å². The van der Waals surface area contributed by atoms with Crippen LogP contribution < -0.4 is 4.90 Å². The van der Waals surface area contributed by atoms with Crippen LogP contribution >= 0.6 is 0 Å². The summed E-state index contributed by atoms with van der Waals surface area (Å²) in [5, 5.41) is 8.94. The summed E-state index contributed by atoms with van der Waals surface area (Å²) in [5.41, 5.74) is 1.14.